The van der Waals surface area contributed by atoms with Crippen molar-refractivity contribution in [3.63, 3.8) is 0 Å². The van der Waals surface area contributed by atoms with Crippen LogP contribution in [0.3, 0.4) is 0 Å². The Hall–Kier alpha value is -1.23. The van der Waals surface area contributed by atoms with E-state index in [1.54, 1.807) is 0 Å². The zero-order valence-corrected chi connectivity index (χ0v) is 9.52. The zero-order chi connectivity index (χ0) is 11.5. The van der Waals surface area contributed by atoms with Gasteiger partial charge in [-0.15, -0.1) is 0 Å². The highest BCUT2D eigenvalue weighted by atomic mass is 16.6. The molecular weight excluding hydrogens is 208 g/mol. The Morgan fingerprint density at radius 1 is 1.56 bits per heavy atom. The van der Waals surface area contributed by atoms with Crippen molar-refractivity contribution < 1.29 is 14.3 Å². The maximum atomic E-state index is 12.1. The Labute approximate surface area is 95.2 Å². The Balaban J connectivity index is 2.01. The lowest BCUT2D eigenvalue weighted by Gasteiger charge is -2.36. The maximum Gasteiger partial charge on any atom is 0.292 e. The smallest absolute Gasteiger partial charge is 0.292 e. The van der Waals surface area contributed by atoms with Gasteiger partial charge < -0.3 is 20.1 Å². The monoisotopic (exact) mass is 226 g/mol. The molecule has 0 radical (unpaired) electrons. The fourth-order valence-corrected chi connectivity index (χ4v) is 2.13. The number of piperidine rings is 1. The van der Waals surface area contributed by atoms with Gasteiger partial charge in [0.2, 0.25) is 5.76 Å². The number of carbonyl (C=O) groups excluding carboxylic acids is 1. The Morgan fingerprint density at radius 3 is 3.00 bits per heavy atom. The average Bonchev–Trinajstić information content (AvgIpc) is 2.29. The number of nitrogens with zero attached hydrogens (tertiary/aromatic N) is 1. The van der Waals surface area contributed by atoms with Crippen LogP contribution in [0.2, 0.25) is 0 Å². The fraction of sp³-hybridized carbons (Fsp3) is 0.727. The minimum Gasteiger partial charge on any atom is -0.494 e. The van der Waals surface area contributed by atoms with Crippen molar-refractivity contribution in [3.05, 3.63) is 12.0 Å². The van der Waals surface area contributed by atoms with E-state index in [0.717, 1.165) is 12.8 Å². The molecule has 2 atom stereocenters. The standard InChI is InChI=1S/C11H18N2O3/c1-8-6-9(12)2-3-13(8)11(14)10-7-15-4-5-16-10/h7-9H,2-6,12H2,1H3. The summed E-state index contributed by atoms with van der Waals surface area (Å²) in [4.78, 5) is 13.9. The number of rotatable bonds is 1. The summed E-state index contributed by atoms with van der Waals surface area (Å²) in [5.41, 5.74) is 5.86. The lowest BCUT2D eigenvalue weighted by molar-refractivity contribution is -0.135. The van der Waals surface area contributed by atoms with Gasteiger partial charge in [0.05, 0.1) is 0 Å². The molecule has 16 heavy (non-hydrogen) atoms. The molecule has 2 aliphatic heterocycles. The molecule has 2 heterocycles. The summed E-state index contributed by atoms with van der Waals surface area (Å²) < 4.78 is 10.4. The van der Waals surface area contributed by atoms with E-state index in [0.29, 0.717) is 25.5 Å². The van der Waals surface area contributed by atoms with Crippen LogP contribution in [-0.4, -0.2) is 42.6 Å². The van der Waals surface area contributed by atoms with Crippen LogP contribution in [0.5, 0.6) is 0 Å². The molecule has 0 saturated carbocycles. The number of amides is 1. The summed E-state index contributed by atoms with van der Waals surface area (Å²) in [5, 5.41) is 0. The van der Waals surface area contributed by atoms with Crippen LogP contribution in [-0.2, 0) is 14.3 Å². The summed E-state index contributed by atoms with van der Waals surface area (Å²) >= 11 is 0. The number of hydrogen-bond acceptors (Lipinski definition) is 4. The first kappa shape index (κ1) is 11.3. The third-order valence-corrected chi connectivity index (χ3v) is 3.04. The van der Waals surface area contributed by atoms with E-state index in [2.05, 4.69) is 0 Å². The van der Waals surface area contributed by atoms with Gasteiger partial charge in [0.15, 0.2) is 0 Å². The molecule has 0 spiro atoms. The van der Waals surface area contributed by atoms with Crippen molar-refractivity contribution in [3.8, 4) is 0 Å². The Kier molecular flexibility index (Phi) is 3.33. The summed E-state index contributed by atoms with van der Waals surface area (Å²) in [6.07, 6.45) is 3.11. The van der Waals surface area contributed by atoms with Gasteiger partial charge in [-0.25, -0.2) is 0 Å². The molecule has 0 aromatic rings. The lowest BCUT2D eigenvalue weighted by atomic mass is 9.99. The van der Waals surface area contributed by atoms with E-state index >= 15 is 0 Å². The molecule has 5 nitrogen and oxygen atoms in total. The predicted molar refractivity (Wildman–Crippen MR) is 58.4 cm³/mol. The third-order valence-electron chi connectivity index (χ3n) is 3.04. The molecule has 0 aromatic heterocycles. The first-order valence-corrected chi connectivity index (χ1v) is 5.69. The third kappa shape index (κ3) is 2.29. The van der Waals surface area contributed by atoms with Crippen molar-refractivity contribution in [1.29, 1.82) is 0 Å². The van der Waals surface area contributed by atoms with E-state index in [4.69, 9.17) is 15.2 Å². The first-order valence-electron chi connectivity index (χ1n) is 5.69. The maximum absolute atomic E-state index is 12.1. The molecule has 0 aromatic carbocycles. The number of hydrogen-bond donors (Lipinski definition) is 1. The van der Waals surface area contributed by atoms with E-state index in [1.807, 2.05) is 11.8 Å². The highest BCUT2D eigenvalue weighted by molar-refractivity contribution is 5.91. The number of likely N-dealkylation sites (tertiary alicyclic amines) is 1. The second-order valence-corrected chi connectivity index (χ2v) is 4.33. The fourth-order valence-electron chi connectivity index (χ4n) is 2.13. The van der Waals surface area contributed by atoms with Crippen LogP contribution < -0.4 is 5.73 Å². The second kappa shape index (κ2) is 4.74. The summed E-state index contributed by atoms with van der Waals surface area (Å²) in [5.74, 6) is 0.229. The molecular formula is C11H18N2O3. The number of carbonyl (C=O) groups is 1. The number of nitrogens with two attached hydrogens (primary N) is 1. The molecule has 2 rings (SSSR count). The SMILES string of the molecule is CC1CC(N)CCN1C(=O)C1=COCCO1. The van der Waals surface area contributed by atoms with Crippen LogP contribution >= 0.6 is 0 Å². The molecule has 2 aliphatic rings. The van der Waals surface area contributed by atoms with Crippen LogP contribution in [0.15, 0.2) is 12.0 Å². The molecule has 2 N–H and O–H groups in total. The Morgan fingerprint density at radius 2 is 2.38 bits per heavy atom. The van der Waals surface area contributed by atoms with E-state index in [-0.39, 0.29) is 18.0 Å². The van der Waals surface area contributed by atoms with Crippen molar-refractivity contribution >= 4 is 5.91 Å². The second-order valence-electron chi connectivity index (χ2n) is 4.33. The van der Waals surface area contributed by atoms with Crippen molar-refractivity contribution in [1.82, 2.24) is 4.90 Å². The molecule has 1 saturated heterocycles. The van der Waals surface area contributed by atoms with Crippen LogP contribution in [0.25, 0.3) is 0 Å². The van der Waals surface area contributed by atoms with Crippen molar-refractivity contribution in [2.24, 2.45) is 5.73 Å². The predicted octanol–water partition coefficient (Wildman–Crippen LogP) is 0.213. The molecule has 2 unspecified atom stereocenters. The Bertz CT molecular complexity index is 304. The van der Waals surface area contributed by atoms with Crippen molar-refractivity contribution in [2.75, 3.05) is 19.8 Å². The normalized spacial score (nSPS) is 30.1. The minimum atomic E-state index is -0.0842. The highest BCUT2D eigenvalue weighted by Crippen LogP contribution is 2.19. The van der Waals surface area contributed by atoms with E-state index < -0.39 is 0 Å². The van der Waals surface area contributed by atoms with E-state index in [9.17, 15) is 4.79 Å². The van der Waals surface area contributed by atoms with Gasteiger partial charge in [0.25, 0.3) is 5.91 Å². The van der Waals surface area contributed by atoms with E-state index in [1.165, 1.54) is 6.26 Å². The highest BCUT2D eigenvalue weighted by Gasteiger charge is 2.30. The molecule has 0 aliphatic carbocycles. The summed E-state index contributed by atoms with van der Waals surface area (Å²) in [7, 11) is 0. The van der Waals surface area contributed by atoms with Gasteiger partial charge in [0.1, 0.15) is 19.5 Å². The zero-order valence-electron chi connectivity index (χ0n) is 9.52. The van der Waals surface area contributed by atoms with Crippen LogP contribution in [0.4, 0.5) is 0 Å². The van der Waals surface area contributed by atoms with Gasteiger partial charge >= 0.3 is 0 Å². The molecule has 1 fully saturated rings. The number of ether oxygens (including phenoxy) is 2. The minimum absolute atomic E-state index is 0.0842. The molecule has 5 heteroatoms. The summed E-state index contributed by atoms with van der Waals surface area (Å²) in [6, 6.07) is 0.374. The average molecular weight is 226 g/mol. The topological polar surface area (TPSA) is 64.8 Å². The van der Waals surface area contributed by atoms with Gasteiger partial charge in [-0.2, -0.15) is 0 Å². The van der Waals surface area contributed by atoms with Crippen LogP contribution in [0.1, 0.15) is 19.8 Å². The van der Waals surface area contributed by atoms with Gasteiger partial charge in [-0.3, -0.25) is 4.79 Å². The van der Waals surface area contributed by atoms with Crippen LogP contribution in [0, 0.1) is 0 Å². The molecule has 0 bridgehead atoms. The molecule has 90 valence electrons. The van der Waals surface area contributed by atoms with Gasteiger partial charge in [0, 0.05) is 18.6 Å². The largest absolute Gasteiger partial charge is 0.494 e. The molecule has 1 amide bonds. The van der Waals surface area contributed by atoms with Gasteiger partial charge in [-0.1, -0.05) is 0 Å². The van der Waals surface area contributed by atoms with Crippen molar-refractivity contribution in [2.45, 2.75) is 31.8 Å². The first-order chi connectivity index (χ1) is 7.68. The van der Waals surface area contributed by atoms with Gasteiger partial charge in [-0.05, 0) is 19.8 Å². The quantitative estimate of drug-likeness (QED) is 0.694. The summed E-state index contributed by atoms with van der Waals surface area (Å²) in [6.45, 7) is 3.67. The lowest BCUT2D eigenvalue weighted by Crippen LogP contribution is -2.49.